The van der Waals surface area contributed by atoms with Gasteiger partial charge in [0.15, 0.2) is 0 Å². The summed E-state index contributed by atoms with van der Waals surface area (Å²) in [5.74, 6) is 1.33. The summed E-state index contributed by atoms with van der Waals surface area (Å²) >= 11 is 0. The van der Waals surface area contributed by atoms with Crippen LogP contribution in [0.5, 0.6) is 11.5 Å². The van der Waals surface area contributed by atoms with E-state index in [-0.39, 0.29) is 11.4 Å². The maximum atomic E-state index is 11.4. The SMILES string of the molecule is Nc1c(Nc2cccc(Oc3ccccc3)c2)c(=O)c1=O. The van der Waals surface area contributed by atoms with E-state index in [9.17, 15) is 9.59 Å². The number of benzene rings is 2. The Labute approximate surface area is 120 Å². The first-order chi connectivity index (χ1) is 10.1. The van der Waals surface area contributed by atoms with Crippen LogP contribution in [0.25, 0.3) is 0 Å². The molecule has 0 saturated carbocycles. The molecule has 0 bridgehead atoms. The van der Waals surface area contributed by atoms with Gasteiger partial charge in [0.1, 0.15) is 22.9 Å². The molecule has 0 aliphatic carbocycles. The Hall–Kier alpha value is -3.08. The quantitative estimate of drug-likeness (QED) is 0.717. The summed E-state index contributed by atoms with van der Waals surface area (Å²) in [5, 5.41) is 2.84. The number of nitrogens with one attached hydrogen (secondary N) is 1. The summed E-state index contributed by atoms with van der Waals surface area (Å²) in [6, 6.07) is 16.4. The van der Waals surface area contributed by atoms with Gasteiger partial charge in [-0.05, 0) is 24.3 Å². The summed E-state index contributed by atoms with van der Waals surface area (Å²) in [6.07, 6.45) is 0. The molecule has 0 spiro atoms. The third-order valence-electron chi connectivity index (χ3n) is 3.03. The molecule has 0 radical (unpaired) electrons. The lowest BCUT2D eigenvalue weighted by Gasteiger charge is -2.11. The van der Waals surface area contributed by atoms with Gasteiger partial charge in [-0.25, -0.2) is 0 Å². The Kier molecular flexibility index (Phi) is 3.16. The zero-order valence-electron chi connectivity index (χ0n) is 11.0. The average molecular weight is 280 g/mol. The van der Waals surface area contributed by atoms with Crippen molar-refractivity contribution < 1.29 is 4.74 Å². The summed E-state index contributed by atoms with van der Waals surface area (Å²) in [5.41, 5.74) is 4.97. The third-order valence-corrected chi connectivity index (χ3v) is 3.03. The van der Waals surface area contributed by atoms with Crippen LogP contribution in [0.3, 0.4) is 0 Å². The molecular formula is C16H12N2O3. The predicted molar refractivity (Wildman–Crippen MR) is 82.0 cm³/mol. The predicted octanol–water partition coefficient (Wildman–Crippen LogP) is 2.40. The second-order valence-electron chi connectivity index (χ2n) is 4.51. The molecular weight excluding hydrogens is 268 g/mol. The fraction of sp³-hybridized carbons (Fsp3) is 0. The van der Waals surface area contributed by atoms with Gasteiger partial charge in [0.05, 0.1) is 0 Å². The average Bonchev–Trinajstić information content (AvgIpc) is 2.53. The van der Waals surface area contributed by atoms with Crippen LogP contribution in [-0.4, -0.2) is 0 Å². The minimum atomic E-state index is -0.644. The van der Waals surface area contributed by atoms with Crippen LogP contribution in [0.2, 0.25) is 0 Å². The fourth-order valence-corrected chi connectivity index (χ4v) is 1.94. The number of nitrogen functional groups attached to an aromatic ring is 1. The van der Waals surface area contributed by atoms with Gasteiger partial charge in [-0.2, -0.15) is 0 Å². The van der Waals surface area contributed by atoms with E-state index in [0.717, 1.165) is 0 Å². The van der Waals surface area contributed by atoms with E-state index in [1.54, 1.807) is 24.3 Å². The first kappa shape index (κ1) is 12.9. The van der Waals surface area contributed by atoms with Crippen molar-refractivity contribution in [3.63, 3.8) is 0 Å². The lowest BCUT2D eigenvalue weighted by molar-refractivity contribution is 0.483. The number of nitrogens with two attached hydrogens (primary N) is 1. The van der Waals surface area contributed by atoms with Gasteiger partial charge in [0, 0.05) is 11.8 Å². The molecule has 104 valence electrons. The Morgan fingerprint density at radius 1 is 0.857 bits per heavy atom. The lowest BCUT2D eigenvalue weighted by Crippen LogP contribution is -2.36. The fourth-order valence-electron chi connectivity index (χ4n) is 1.94. The Morgan fingerprint density at radius 3 is 2.29 bits per heavy atom. The van der Waals surface area contributed by atoms with Gasteiger partial charge in [-0.15, -0.1) is 0 Å². The molecule has 5 nitrogen and oxygen atoms in total. The van der Waals surface area contributed by atoms with E-state index in [4.69, 9.17) is 10.5 Å². The highest BCUT2D eigenvalue weighted by Crippen LogP contribution is 2.26. The summed E-state index contributed by atoms with van der Waals surface area (Å²) < 4.78 is 5.69. The van der Waals surface area contributed by atoms with Crippen molar-refractivity contribution in [1.29, 1.82) is 0 Å². The van der Waals surface area contributed by atoms with Crippen molar-refractivity contribution in [3.8, 4) is 11.5 Å². The van der Waals surface area contributed by atoms with Crippen molar-refractivity contribution in [2.45, 2.75) is 0 Å². The molecule has 3 aromatic carbocycles. The van der Waals surface area contributed by atoms with E-state index in [2.05, 4.69) is 5.32 Å². The number of para-hydroxylation sites is 1. The smallest absolute Gasteiger partial charge is 0.253 e. The monoisotopic (exact) mass is 280 g/mol. The summed E-state index contributed by atoms with van der Waals surface area (Å²) in [7, 11) is 0. The van der Waals surface area contributed by atoms with Gasteiger partial charge in [-0.3, -0.25) is 9.59 Å². The number of hydrogen-bond acceptors (Lipinski definition) is 5. The highest BCUT2D eigenvalue weighted by atomic mass is 16.5. The molecule has 0 aliphatic heterocycles. The van der Waals surface area contributed by atoms with Crippen LogP contribution in [0.1, 0.15) is 0 Å². The van der Waals surface area contributed by atoms with Crippen molar-refractivity contribution in [2.24, 2.45) is 0 Å². The standard InChI is InChI=1S/C16H12N2O3/c17-13-14(16(20)15(13)19)18-10-5-4-8-12(9-10)21-11-6-2-1-3-7-11/h1-9,18H,17H2. The van der Waals surface area contributed by atoms with Crippen molar-refractivity contribution >= 4 is 17.1 Å². The van der Waals surface area contributed by atoms with Crippen LogP contribution in [-0.2, 0) is 0 Å². The molecule has 0 aliphatic rings. The van der Waals surface area contributed by atoms with Crippen LogP contribution in [0.4, 0.5) is 17.1 Å². The molecule has 0 atom stereocenters. The second-order valence-corrected chi connectivity index (χ2v) is 4.51. The minimum Gasteiger partial charge on any atom is -0.457 e. The molecule has 3 aromatic rings. The summed E-state index contributed by atoms with van der Waals surface area (Å²) in [6.45, 7) is 0. The number of hydrogen-bond donors (Lipinski definition) is 2. The van der Waals surface area contributed by atoms with Crippen LogP contribution >= 0.6 is 0 Å². The minimum absolute atomic E-state index is 0.0330. The van der Waals surface area contributed by atoms with Gasteiger partial charge < -0.3 is 15.8 Å². The number of ether oxygens (including phenoxy) is 1. The Bertz CT molecular complexity index is 850. The van der Waals surface area contributed by atoms with Gasteiger partial charge in [0.25, 0.3) is 10.9 Å². The number of rotatable bonds is 4. The van der Waals surface area contributed by atoms with Crippen molar-refractivity contribution in [1.82, 2.24) is 0 Å². The van der Waals surface area contributed by atoms with E-state index < -0.39 is 10.9 Å². The maximum Gasteiger partial charge on any atom is 0.253 e. The molecule has 0 aromatic heterocycles. The molecule has 21 heavy (non-hydrogen) atoms. The van der Waals surface area contributed by atoms with E-state index in [0.29, 0.717) is 17.2 Å². The van der Waals surface area contributed by atoms with E-state index in [1.165, 1.54) is 0 Å². The van der Waals surface area contributed by atoms with Crippen LogP contribution in [0, 0.1) is 0 Å². The highest BCUT2D eigenvalue weighted by molar-refractivity contribution is 5.76. The van der Waals surface area contributed by atoms with Crippen LogP contribution < -0.4 is 26.6 Å². The highest BCUT2D eigenvalue weighted by Gasteiger charge is 2.17. The van der Waals surface area contributed by atoms with E-state index >= 15 is 0 Å². The Morgan fingerprint density at radius 2 is 1.57 bits per heavy atom. The lowest BCUT2D eigenvalue weighted by atomic mass is 10.2. The van der Waals surface area contributed by atoms with Crippen molar-refractivity contribution in [3.05, 3.63) is 75.0 Å². The maximum absolute atomic E-state index is 11.4. The molecule has 0 amide bonds. The molecule has 5 heteroatoms. The molecule has 3 N–H and O–H groups in total. The van der Waals surface area contributed by atoms with Gasteiger partial charge in [0.2, 0.25) is 0 Å². The zero-order chi connectivity index (χ0) is 14.8. The van der Waals surface area contributed by atoms with Crippen LogP contribution in [0.15, 0.2) is 64.2 Å². The molecule has 0 heterocycles. The molecule has 0 saturated heterocycles. The second kappa shape index (κ2) is 5.13. The zero-order valence-corrected chi connectivity index (χ0v) is 11.0. The largest absolute Gasteiger partial charge is 0.457 e. The topological polar surface area (TPSA) is 81.4 Å². The Balaban J connectivity index is 1.81. The first-order valence-corrected chi connectivity index (χ1v) is 6.34. The molecule has 3 rings (SSSR count). The molecule has 0 unspecified atom stereocenters. The number of anilines is 3. The summed E-state index contributed by atoms with van der Waals surface area (Å²) in [4.78, 5) is 22.4. The molecule has 0 fully saturated rings. The van der Waals surface area contributed by atoms with Crippen molar-refractivity contribution in [2.75, 3.05) is 11.1 Å². The van der Waals surface area contributed by atoms with Gasteiger partial charge in [-0.1, -0.05) is 24.3 Å². The first-order valence-electron chi connectivity index (χ1n) is 6.34. The van der Waals surface area contributed by atoms with Gasteiger partial charge >= 0.3 is 0 Å². The normalized spacial score (nSPS) is 10.5. The van der Waals surface area contributed by atoms with E-state index in [1.807, 2.05) is 30.3 Å². The third kappa shape index (κ3) is 2.49.